The first kappa shape index (κ1) is 8.52. The van der Waals surface area contributed by atoms with E-state index in [9.17, 15) is 0 Å². The molecule has 2 saturated heterocycles. The Kier molecular flexibility index (Phi) is 1.92. The molecule has 0 amide bonds. The van der Waals surface area contributed by atoms with E-state index in [1.54, 1.807) is 0 Å². The monoisotopic (exact) mass is 169 g/mol. The van der Waals surface area contributed by atoms with Crippen molar-refractivity contribution in [3.05, 3.63) is 0 Å². The normalized spacial score (nSPS) is 46.5. The van der Waals surface area contributed by atoms with Crippen molar-refractivity contribution in [2.24, 2.45) is 5.41 Å². The molecule has 1 saturated carbocycles. The number of nitrogens with one attached hydrogen (secondary N) is 1. The molecule has 2 aliphatic heterocycles. The van der Waals surface area contributed by atoms with Gasteiger partial charge in [0.25, 0.3) is 0 Å². The Morgan fingerprint density at radius 3 is 2.33 bits per heavy atom. The minimum Gasteiger partial charge on any atom is -0.375 e. The predicted molar refractivity (Wildman–Crippen MR) is 49.2 cm³/mol. The molecule has 3 aliphatic rings. The average Bonchev–Trinajstić information content (AvgIpc) is 2.08. The quantitative estimate of drug-likeness (QED) is 0.677. The molecular formula is C10H19NO. The molecule has 0 unspecified atom stereocenters. The van der Waals surface area contributed by atoms with E-state index < -0.39 is 0 Å². The summed E-state index contributed by atoms with van der Waals surface area (Å²) in [6.45, 7) is 4.36. The maximum absolute atomic E-state index is 5.88. The Morgan fingerprint density at radius 2 is 1.92 bits per heavy atom. The van der Waals surface area contributed by atoms with Crippen molar-refractivity contribution in [3.8, 4) is 0 Å². The van der Waals surface area contributed by atoms with Crippen LogP contribution in [0.25, 0.3) is 0 Å². The molecule has 2 bridgehead atoms. The third-order valence-electron chi connectivity index (χ3n) is 3.65. The van der Waals surface area contributed by atoms with Crippen molar-refractivity contribution in [2.45, 2.75) is 38.2 Å². The second kappa shape index (κ2) is 2.71. The largest absolute Gasteiger partial charge is 0.375 e. The molecular weight excluding hydrogens is 150 g/mol. The summed E-state index contributed by atoms with van der Waals surface area (Å²) in [5.74, 6) is 0. The van der Waals surface area contributed by atoms with Gasteiger partial charge in [-0.05, 0) is 39.7 Å². The molecule has 2 nitrogen and oxygen atoms in total. The van der Waals surface area contributed by atoms with Crippen LogP contribution >= 0.6 is 0 Å². The highest BCUT2D eigenvalue weighted by atomic mass is 16.5. The molecule has 1 aliphatic carbocycles. The van der Waals surface area contributed by atoms with E-state index in [2.05, 4.69) is 12.2 Å². The van der Waals surface area contributed by atoms with Gasteiger partial charge in [-0.1, -0.05) is 0 Å². The average molecular weight is 169 g/mol. The molecule has 2 heterocycles. The lowest BCUT2D eigenvalue weighted by Crippen LogP contribution is -2.52. The fourth-order valence-electron chi connectivity index (χ4n) is 2.53. The van der Waals surface area contributed by atoms with Crippen molar-refractivity contribution in [2.75, 3.05) is 20.2 Å². The van der Waals surface area contributed by atoms with E-state index in [1.807, 2.05) is 7.05 Å². The van der Waals surface area contributed by atoms with Gasteiger partial charge in [0.1, 0.15) is 0 Å². The molecule has 0 aromatic rings. The zero-order valence-electron chi connectivity index (χ0n) is 8.15. The fourth-order valence-corrected chi connectivity index (χ4v) is 2.53. The highest BCUT2D eigenvalue weighted by molar-refractivity contribution is 4.97. The van der Waals surface area contributed by atoms with Gasteiger partial charge in [0.15, 0.2) is 0 Å². The Balaban J connectivity index is 2.04. The first-order chi connectivity index (χ1) is 5.68. The van der Waals surface area contributed by atoms with Gasteiger partial charge < -0.3 is 10.1 Å². The fraction of sp³-hybridized carbons (Fsp3) is 1.00. The zero-order valence-corrected chi connectivity index (χ0v) is 8.15. The van der Waals surface area contributed by atoms with Crippen LogP contribution in [0.2, 0.25) is 0 Å². The van der Waals surface area contributed by atoms with E-state index in [-0.39, 0.29) is 5.60 Å². The Labute approximate surface area is 74.7 Å². The van der Waals surface area contributed by atoms with Crippen LogP contribution in [0.3, 0.4) is 0 Å². The maximum atomic E-state index is 5.88. The first-order valence-electron chi connectivity index (χ1n) is 4.97. The van der Waals surface area contributed by atoms with Crippen LogP contribution in [0, 0.1) is 5.41 Å². The van der Waals surface area contributed by atoms with Gasteiger partial charge >= 0.3 is 0 Å². The maximum Gasteiger partial charge on any atom is 0.0655 e. The lowest BCUT2D eigenvalue weighted by molar-refractivity contribution is -0.171. The second-order valence-electron chi connectivity index (χ2n) is 4.77. The summed E-state index contributed by atoms with van der Waals surface area (Å²) in [6.07, 6.45) is 5.22. The SMILES string of the molecule is CNCC12CCC(C)(CC1)OC2. The Morgan fingerprint density at radius 1 is 1.25 bits per heavy atom. The van der Waals surface area contributed by atoms with E-state index in [0.717, 1.165) is 13.2 Å². The van der Waals surface area contributed by atoms with Crippen molar-refractivity contribution in [1.29, 1.82) is 0 Å². The summed E-state index contributed by atoms with van der Waals surface area (Å²) >= 11 is 0. The Bertz CT molecular complexity index is 154. The van der Waals surface area contributed by atoms with Gasteiger partial charge in [-0.25, -0.2) is 0 Å². The zero-order chi connectivity index (χ0) is 8.66. The summed E-state index contributed by atoms with van der Waals surface area (Å²) in [5.41, 5.74) is 0.710. The molecule has 12 heavy (non-hydrogen) atoms. The van der Waals surface area contributed by atoms with E-state index in [0.29, 0.717) is 5.41 Å². The van der Waals surface area contributed by atoms with Gasteiger partial charge in [-0.2, -0.15) is 0 Å². The molecule has 0 aromatic heterocycles. The summed E-state index contributed by atoms with van der Waals surface area (Å²) in [7, 11) is 2.04. The van der Waals surface area contributed by atoms with Crippen LogP contribution in [0.4, 0.5) is 0 Å². The van der Waals surface area contributed by atoms with Crippen molar-refractivity contribution in [1.82, 2.24) is 5.32 Å². The van der Waals surface area contributed by atoms with Gasteiger partial charge in [-0.15, -0.1) is 0 Å². The number of hydrogen-bond donors (Lipinski definition) is 1. The second-order valence-corrected chi connectivity index (χ2v) is 4.77. The van der Waals surface area contributed by atoms with Gasteiger partial charge in [0.2, 0.25) is 0 Å². The van der Waals surface area contributed by atoms with Crippen molar-refractivity contribution in [3.63, 3.8) is 0 Å². The van der Waals surface area contributed by atoms with Crippen molar-refractivity contribution >= 4 is 0 Å². The number of hydrogen-bond acceptors (Lipinski definition) is 2. The summed E-state index contributed by atoms with van der Waals surface area (Å²) in [4.78, 5) is 0. The molecule has 0 radical (unpaired) electrons. The highest BCUT2D eigenvalue weighted by Gasteiger charge is 2.46. The molecule has 3 fully saturated rings. The minimum absolute atomic E-state index is 0.232. The molecule has 70 valence electrons. The highest BCUT2D eigenvalue weighted by Crippen LogP contribution is 2.48. The summed E-state index contributed by atoms with van der Waals surface area (Å²) in [5, 5.41) is 3.29. The topological polar surface area (TPSA) is 21.3 Å². The van der Waals surface area contributed by atoms with Crippen molar-refractivity contribution < 1.29 is 4.74 Å². The van der Waals surface area contributed by atoms with Crippen LogP contribution in [0.1, 0.15) is 32.6 Å². The van der Waals surface area contributed by atoms with Crippen LogP contribution in [-0.4, -0.2) is 25.8 Å². The predicted octanol–water partition coefficient (Wildman–Crippen LogP) is 1.56. The van der Waals surface area contributed by atoms with Gasteiger partial charge in [0.05, 0.1) is 12.2 Å². The number of ether oxygens (including phenoxy) is 1. The van der Waals surface area contributed by atoms with E-state index in [4.69, 9.17) is 4.74 Å². The minimum atomic E-state index is 0.232. The number of rotatable bonds is 2. The molecule has 3 rings (SSSR count). The third kappa shape index (κ3) is 1.27. The van der Waals surface area contributed by atoms with Crippen LogP contribution < -0.4 is 5.32 Å². The summed E-state index contributed by atoms with van der Waals surface area (Å²) in [6, 6.07) is 0. The molecule has 0 spiro atoms. The number of fused-ring (bicyclic) bond motifs is 3. The molecule has 0 aromatic carbocycles. The molecule has 0 atom stereocenters. The standard InChI is InChI=1S/C10H19NO/c1-9-3-5-10(6-4-9,7-11-2)8-12-9/h11H,3-8H2,1-2H3. The van der Waals surface area contributed by atoms with Gasteiger partial charge in [-0.3, -0.25) is 0 Å². The van der Waals surface area contributed by atoms with Crippen LogP contribution in [0.15, 0.2) is 0 Å². The lowest BCUT2D eigenvalue weighted by atomic mass is 9.66. The van der Waals surface area contributed by atoms with Crippen LogP contribution in [0.5, 0.6) is 0 Å². The third-order valence-corrected chi connectivity index (χ3v) is 3.65. The molecule has 2 heteroatoms. The smallest absolute Gasteiger partial charge is 0.0655 e. The van der Waals surface area contributed by atoms with E-state index >= 15 is 0 Å². The Hall–Kier alpha value is -0.0800. The molecule has 1 N–H and O–H groups in total. The lowest BCUT2D eigenvalue weighted by Gasteiger charge is -2.51. The van der Waals surface area contributed by atoms with Gasteiger partial charge in [0, 0.05) is 12.0 Å². The first-order valence-corrected chi connectivity index (χ1v) is 4.97. The van der Waals surface area contributed by atoms with Crippen LogP contribution in [-0.2, 0) is 4.74 Å². The summed E-state index contributed by atoms with van der Waals surface area (Å²) < 4.78 is 5.88. The van der Waals surface area contributed by atoms with E-state index in [1.165, 1.54) is 25.7 Å².